The Hall–Kier alpha value is -0.630. The lowest BCUT2D eigenvalue weighted by Crippen LogP contribution is -2.27. The molecule has 1 aromatic rings. The SMILES string of the molecule is C#CCSCCNC1CCSc2c(F)cccc21. The number of hydrogen-bond donors (Lipinski definition) is 1. The number of halogens is 1. The quantitative estimate of drug-likeness (QED) is 0.657. The summed E-state index contributed by atoms with van der Waals surface area (Å²) in [6, 6.07) is 5.64. The molecule has 0 amide bonds. The monoisotopic (exact) mass is 281 g/mol. The van der Waals surface area contributed by atoms with Crippen LogP contribution in [0.25, 0.3) is 0 Å². The Morgan fingerprint density at radius 3 is 3.28 bits per heavy atom. The van der Waals surface area contributed by atoms with Gasteiger partial charge in [-0.25, -0.2) is 4.39 Å². The first-order valence-electron chi connectivity index (χ1n) is 5.98. The van der Waals surface area contributed by atoms with Crippen molar-refractivity contribution in [1.29, 1.82) is 0 Å². The molecule has 1 N–H and O–H groups in total. The molecular weight excluding hydrogens is 265 g/mol. The van der Waals surface area contributed by atoms with Crippen LogP contribution >= 0.6 is 23.5 Å². The lowest BCUT2D eigenvalue weighted by Gasteiger charge is -2.26. The van der Waals surface area contributed by atoms with Crippen LogP contribution in [0.3, 0.4) is 0 Å². The molecular formula is C14H16FNS2. The van der Waals surface area contributed by atoms with E-state index in [0.29, 0.717) is 0 Å². The van der Waals surface area contributed by atoms with Crippen LogP contribution in [0.5, 0.6) is 0 Å². The van der Waals surface area contributed by atoms with Crippen LogP contribution in [0, 0.1) is 18.2 Å². The lowest BCUT2D eigenvalue weighted by atomic mass is 10.0. The third-order valence-corrected chi connectivity index (χ3v) is 4.87. The van der Waals surface area contributed by atoms with E-state index in [1.807, 2.05) is 6.07 Å². The van der Waals surface area contributed by atoms with E-state index in [1.165, 1.54) is 6.07 Å². The first kappa shape index (κ1) is 13.8. The summed E-state index contributed by atoms with van der Waals surface area (Å²) in [6.45, 7) is 0.914. The van der Waals surface area contributed by atoms with Crippen molar-refractivity contribution in [3.8, 4) is 12.3 Å². The van der Waals surface area contributed by atoms with E-state index in [0.717, 1.165) is 40.7 Å². The Labute approximate surface area is 116 Å². The van der Waals surface area contributed by atoms with Crippen LogP contribution < -0.4 is 5.32 Å². The van der Waals surface area contributed by atoms with Gasteiger partial charge in [-0.05, 0) is 23.8 Å². The molecule has 0 spiro atoms. The molecule has 0 aliphatic carbocycles. The molecule has 0 bridgehead atoms. The first-order chi connectivity index (χ1) is 8.83. The van der Waals surface area contributed by atoms with Crippen molar-refractivity contribution in [3.05, 3.63) is 29.6 Å². The molecule has 1 heterocycles. The van der Waals surface area contributed by atoms with E-state index >= 15 is 0 Å². The number of benzene rings is 1. The fourth-order valence-corrected chi connectivity index (χ4v) is 3.70. The van der Waals surface area contributed by atoms with Crippen molar-refractivity contribution in [2.45, 2.75) is 17.4 Å². The van der Waals surface area contributed by atoms with Crippen molar-refractivity contribution < 1.29 is 4.39 Å². The van der Waals surface area contributed by atoms with Gasteiger partial charge < -0.3 is 5.32 Å². The maximum absolute atomic E-state index is 13.7. The minimum absolute atomic E-state index is 0.0919. The van der Waals surface area contributed by atoms with Crippen LogP contribution in [-0.4, -0.2) is 23.8 Å². The number of thioether (sulfide) groups is 2. The number of terminal acetylenes is 1. The highest BCUT2D eigenvalue weighted by molar-refractivity contribution is 7.99. The van der Waals surface area contributed by atoms with Gasteiger partial charge in [-0.3, -0.25) is 0 Å². The lowest BCUT2D eigenvalue weighted by molar-refractivity contribution is 0.512. The molecule has 1 aromatic carbocycles. The predicted molar refractivity (Wildman–Crippen MR) is 78.6 cm³/mol. The summed E-state index contributed by atoms with van der Waals surface area (Å²) in [5.41, 5.74) is 1.10. The summed E-state index contributed by atoms with van der Waals surface area (Å²) in [5, 5.41) is 3.49. The Bertz CT molecular complexity index is 442. The summed E-state index contributed by atoms with van der Waals surface area (Å²) >= 11 is 3.37. The van der Waals surface area contributed by atoms with Gasteiger partial charge in [-0.1, -0.05) is 18.1 Å². The highest BCUT2D eigenvalue weighted by Crippen LogP contribution is 2.37. The minimum Gasteiger partial charge on any atom is -0.309 e. The molecule has 2 rings (SSSR count). The van der Waals surface area contributed by atoms with Gasteiger partial charge in [0, 0.05) is 23.2 Å². The van der Waals surface area contributed by atoms with Gasteiger partial charge >= 0.3 is 0 Å². The molecule has 18 heavy (non-hydrogen) atoms. The standard InChI is InChI=1S/C14H16FNS2/c1-2-8-17-10-7-16-13-6-9-18-14-11(13)4-3-5-12(14)15/h1,3-5,13,16H,6-10H2. The number of rotatable bonds is 5. The molecule has 1 unspecified atom stereocenters. The van der Waals surface area contributed by atoms with Gasteiger partial charge in [0.15, 0.2) is 0 Å². The summed E-state index contributed by atoms with van der Waals surface area (Å²) in [4.78, 5) is 0.817. The highest BCUT2D eigenvalue weighted by Gasteiger charge is 2.22. The average Bonchev–Trinajstić information content (AvgIpc) is 2.39. The Morgan fingerprint density at radius 2 is 2.44 bits per heavy atom. The Balaban J connectivity index is 1.92. The Morgan fingerprint density at radius 1 is 1.56 bits per heavy atom. The predicted octanol–water partition coefficient (Wildman–Crippen LogP) is 3.32. The molecule has 0 saturated heterocycles. The maximum atomic E-state index is 13.7. The van der Waals surface area contributed by atoms with Crippen LogP contribution in [0.4, 0.5) is 4.39 Å². The highest BCUT2D eigenvalue weighted by atomic mass is 32.2. The summed E-state index contributed by atoms with van der Waals surface area (Å²) in [5.74, 6) is 5.25. The van der Waals surface area contributed by atoms with E-state index in [2.05, 4.69) is 11.2 Å². The van der Waals surface area contributed by atoms with Crippen molar-refractivity contribution in [2.75, 3.05) is 23.8 Å². The number of nitrogens with one attached hydrogen (secondary N) is 1. The van der Waals surface area contributed by atoms with Crippen LogP contribution in [-0.2, 0) is 0 Å². The van der Waals surface area contributed by atoms with E-state index in [-0.39, 0.29) is 11.9 Å². The summed E-state index contributed by atoms with van der Waals surface area (Å²) < 4.78 is 13.7. The molecule has 1 aliphatic heterocycles. The van der Waals surface area contributed by atoms with E-state index in [9.17, 15) is 4.39 Å². The molecule has 0 radical (unpaired) electrons. The van der Waals surface area contributed by atoms with E-state index < -0.39 is 0 Å². The van der Waals surface area contributed by atoms with Crippen LogP contribution in [0.2, 0.25) is 0 Å². The molecule has 4 heteroatoms. The second-order valence-corrected chi connectivity index (χ2v) is 6.27. The molecule has 0 fully saturated rings. The number of fused-ring (bicyclic) bond motifs is 1. The van der Waals surface area contributed by atoms with Crippen molar-refractivity contribution in [2.24, 2.45) is 0 Å². The van der Waals surface area contributed by atoms with Crippen molar-refractivity contribution >= 4 is 23.5 Å². The smallest absolute Gasteiger partial charge is 0.137 e. The zero-order valence-electron chi connectivity index (χ0n) is 10.1. The van der Waals surface area contributed by atoms with Gasteiger partial charge in [0.05, 0.1) is 5.75 Å². The van der Waals surface area contributed by atoms with E-state index in [4.69, 9.17) is 6.42 Å². The second-order valence-electron chi connectivity index (χ2n) is 4.06. The zero-order valence-corrected chi connectivity index (χ0v) is 11.7. The molecule has 96 valence electrons. The molecule has 0 saturated carbocycles. The van der Waals surface area contributed by atoms with E-state index in [1.54, 1.807) is 29.6 Å². The molecule has 1 aliphatic rings. The van der Waals surface area contributed by atoms with Gasteiger partial charge in [0.1, 0.15) is 5.82 Å². The summed E-state index contributed by atoms with van der Waals surface area (Å²) in [7, 11) is 0. The van der Waals surface area contributed by atoms with Gasteiger partial charge in [0.25, 0.3) is 0 Å². The van der Waals surface area contributed by atoms with Crippen LogP contribution in [0.15, 0.2) is 23.1 Å². The first-order valence-corrected chi connectivity index (χ1v) is 8.12. The minimum atomic E-state index is -0.0919. The average molecular weight is 281 g/mol. The second kappa shape index (κ2) is 7.08. The van der Waals surface area contributed by atoms with Crippen molar-refractivity contribution in [3.63, 3.8) is 0 Å². The maximum Gasteiger partial charge on any atom is 0.137 e. The third kappa shape index (κ3) is 3.44. The fourth-order valence-electron chi connectivity index (χ4n) is 2.03. The fraction of sp³-hybridized carbons (Fsp3) is 0.429. The third-order valence-electron chi connectivity index (χ3n) is 2.85. The molecule has 0 aromatic heterocycles. The van der Waals surface area contributed by atoms with Crippen molar-refractivity contribution in [1.82, 2.24) is 5.32 Å². The molecule has 1 nitrogen and oxygen atoms in total. The van der Waals surface area contributed by atoms with Gasteiger partial charge in [-0.15, -0.1) is 29.9 Å². The summed E-state index contributed by atoms with van der Waals surface area (Å²) in [6.07, 6.45) is 6.25. The van der Waals surface area contributed by atoms with Gasteiger partial charge in [-0.2, -0.15) is 0 Å². The topological polar surface area (TPSA) is 12.0 Å². The Kier molecular flexibility index (Phi) is 5.43. The van der Waals surface area contributed by atoms with Crippen LogP contribution in [0.1, 0.15) is 18.0 Å². The molecule has 1 atom stereocenters. The zero-order chi connectivity index (χ0) is 12.8. The largest absolute Gasteiger partial charge is 0.309 e. The van der Waals surface area contributed by atoms with Gasteiger partial charge in [0.2, 0.25) is 0 Å². The number of hydrogen-bond acceptors (Lipinski definition) is 3. The normalized spacial score (nSPS) is 18.1.